The molecule has 2 aromatic heterocycles. The molecule has 0 aliphatic rings. The Morgan fingerprint density at radius 2 is 2.04 bits per heavy atom. The first-order valence-corrected chi connectivity index (χ1v) is 7.58. The van der Waals surface area contributed by atoms with E-state index >= 15 is 0 Å². The fraction of sp³-hybridized carbons (Fsp3) is 0.118. The first-order chi connectivity index (χ1) is 11.5. The van der Waals surface area contributed by atoms with E-state index in [-0.39, 0.29) is 5.76 Å². The lowest BCUT2D eigenvalue weighted by Crippen LogP contribution is -2.13. The Bertz CT molecular complexity index is 859. The second kappa shape index (κ2) is 6.72. The van der Waals surface area contributed by atoms with Gasteiger partial charge in [-0.1, -0.05) is 28.9 Å². The van der Waals surface area contributed by atoms with Gasteiger partial charge < -0.3 is 14.7 Å². The molecule has 0 aliphatic carbocycles. The molecular weight excluding hydrogens is 328 g/mol. The van der Waals surface area contributed by atoms with Crippen LogP contribution in [0.3, 0.4) is 0 Å². The molecule has 2 heterocycles. The monoisotopic (exact) mass is 342 g/mol. The minimum absolute atomic E-state index is 0.113. The van der Waals surface area contributed by atoms with E-state index in [9.17, 15) is 4.79 Å². The summed E-state index contributed by atoms with van der Waals surface area (Å²) in [6.45, 7) is 0. The molecule has 1 amide bonds. The molecule has 24 heavy (non-hydrogen) atoms. The molecule has 0 radical (unpaired) electrons. The molecule has 6 nitrogen and oxygen atoms in total. The molecule has 3 rings (SSSR count). The van der Waals surface area contributed by atoms with Crippen LogP contribution in [-0.4, -0.2) is 30.1 Å². The number of carbonyl (C=O) groups is 1. The molecule has 0 aliphatic heterocycles. The van der Waals surface area contributed by atoms with Crippen molar-refractivity contribution in [3.63, 3.8) is 0 Å². The van der Waals surface area contributed by atoms with Crippen molar-refractivity contribution in [3.8, 4) is 11.3 Å². The SMILES string of the molecule is CN(C)c1ccc(NC(=O)c2cc(-c3cccc(Cl)c3)no2)cn1. The van der Waals surface area contributed by atoms with Crippen LogP contribution in [0, 0.1) is 0 Å². The summed E-state index contributed by atoms with van der Waals surface area (Å²) in [5, 5.41) is 7.22. The van der Waals surface area contributed by atoms with Gasteiger partial charge in [0, 0.05) is 30.7 Å². The van der Waals surface area contributed by atoms with Crippen molar-refractivity contribution in [1.29, 1.82) is 0 Å². The van der Waals surface area contributed by atoms with Gasteiger partial charge in [-0.3, -0.25) is 4.79 Å². The van der Waals surface area contributed by atoms with Gasteiger partial charge in [0.15, 0.2) is 0 Å². The van der Waals surface area contributed by atoms with Crippen molar-refractivity contribution in [2.45, 2.75) is 0 Å². The summed E-state index contributed by atoms with van der Waals surface area (Å²) in [6.07, 6.45) is 1.58. The number of halogens is 1. The van der Waals surface area contributed by atoms with Crippen LogP contribution in [0.1, 0.15) is 10.6 Å². The number of hydrogen-bond acceptors (Lipinski definition) is 5. The van der Waals surface area contributed by atoms with E-state index in [1.165, 1.54) is 0 Å². The largest absolute Gasteiger partial charge is 0.363 e. The second-order valence-corrected chi connectivity index (χ2v) is 5.78. The van der Waals surface area contributed by atoms with Crippen molar-refractivity contribution in [2.75, 3.05) is 24.3 Å². The molecule has 0 fully saturated rings. The smallest absolute Gasteiger partial charge is 0.294 e. The van der Waals surface area contributed by atoms with Crippen molar-refractivity contribution in [1.82, 2.24) is 10.1 Å². The summed E-state index contributed by atoms with van der Waals surface area (Å²) in [5.74, 6) is 0.521. The van der Waals surface area contributed by atoms with Crippen LogP contribution in [0.5, 0.6) is 0 Å². The molecule has 7 heteroatoms. The third kappa shape index (κ3) is 3.55. The maximum atomic E-state index is 12.2. The maximum Gasteiger partial charge on any atom is 0.294 e. The normalized spacial score (nSPS) is 10.5. The Labute approximate surface area is 144 Å². The van der Waals surface area contributed by atoms with E-state index in [1.54, 1.807) is 30.5 Å². The molecule has 1 aromatic carbocycles. The first-order valence-electron chi connectivity index (χ1n) is 7.20. The third-order valence-corrected chi connectivity index (χ3v) is 3.55. The van der Waals surface area contributed by atoms with Gasteiger partial charge in [-0.25, -0.2) is 4.98 Å². The van der Waals surface area contributed by atoms with E-state index < -0.39 is 5.91 Å². The lowest BCUT2D eigenvalue weighted by molar-refractivity contribution is 0.0988. The molecule has 0 spiro atoms. The van der Waals surface area contributed by atoms with Gasteiger partial charge in [0.2, 0.25) is 5.76 Å². The highest BCUT2D eigenvalue weighted by Gasteiger charge is 2.14. The predicted octanol–water partition coefficient (Wildman–Crippen LogP) is 3.71. The van der Waals surface area contributed by atoms with Crippen LogP contribution in [0.2, 0.25) is 5.02 Å². The number of nitrogens with zero attached hydrogens (tertiary/aromatic N) is 3. The van der Waals surface area contributed by atoms with Crippen LogP contribution in [0.25, 0.3) is 11.3 Å². The molecule has 0 bridgehead atoms. The molecule has 0 saturated carbocycles. The van der Waals surface area contributed by atoms with Gasteiger partial charge in [-0.15, -0.1) is 0 Å². The Morgan fingerprint density at radius 3 is 2.71 bits per heavy atom. The minimum atomic E-state index is -0.393. The summed E-state index contributed by atoms with van der Waals surface area (Å²) in [6, 6.07) is 12.3. The summed E-state index contributed by atoms with van der Waals surface area (Å²) < 4.78 is 5.12. The van der Waals surface area contributed by atoms with E-state index in [4.69, 9.17) is 16.1 Å². The van der Waals surface area contributed by atoms with E-state index in [0.717, 1.165) is 11.4 Å². The van der Waals surface area contributed by atoms with Crippen molar-refractivity contribution < 1.29 is 9.32 Å². The number of rotatable bonds is 4. The highest BCUT2D eigenvalue weighted by molar-refractivity contribution is 6.30. The standard InChI is InChI=1S/C17H15ClN4O2/c1-22(2)16-7-6-13(10-19-16)20-17(23)15-9-14(21-24-15)11-4-3-5-12(18)8-11/h3-10H,1-2H3,(H,20,23). The number of benzene rings is 1. The fourth-order valence-corrected chi connectivity index (χ4v) is 2.27. The zero-order valence-corrected chi connectivity index (χ0v) is 13.9. The van der Waals surface area contributed by atoms with E-state index in [2.05, 4.69) is 15.5 Å². The lowest BCUT2D eigenvalue weighted by atomic mass is 10.1. The zero-order chi connectivity index (χ0) is 17.1. The molecule has 0 unspecified atom stereocenters. The Hall–Kier alpha value is -2.86. The fourth-order valence-electron chi connectivity index (χ4n) is 2.08. The van der Waals surface area contributed by atoms with Crippen molar-refractivity contribution in [2.24, 2.45) is 0 Å². The van der Waals surface area contributed by atoms with Gasteiger partial charge in [-0.05, 0) is 24.3 Å². The minimum Gasteiger partial charge on any atom is -0.363 e. The molecule has 3 aromatic rings. The van der Waals surface area contributed by atoms with E-state index in [1.807, 2.05) is 37.2 Å². The second-order valence-electron chi connectivity index (χ2n) is 5.34. The summed E-state index contributed by atoms with van der Waals surface area (Å²) >= 11 is 5.96. The number of nitrogens with one attached hydrogen (secondary N) is 1. The van der Waals surface area contributed by atoms with Gasteiger partial charge >= 0.3 is 0 Å². The highest BCUT2D eigenvalue weighted by atomic mass is 35.5. The van der Waals surface area contributed by atoms with Crippen LogP contribution in [0.4, 0.5) is 11.5 Å². The van der Waals surface area contributed by atoms with E-state index in [0.29, 0.717) is 16.4 Å². The van der Waals surface area contributed by atoms with Crippen LogP contribution < -0.4 is 10.2 Å². The quantitative estimate of drug-likeness (QED) is 0.782. The number of anilines is 2. The highest BCUT2D eigenvalue weighted by Crippen LogP contribution is 2.23. The Morgan fingerprint density at radius 1 is 1.21 bits per heavy atom. The number of hydrogen-bond donors (Lipinski definition) is 1. The maximum absolute atomic E-state index is 12.2. The van der Waals surface area contributed by atoms with Gasteiger partial charge in [-0.2, -0.15) is 0 Å². The molecule has 1 N–H and O–H groups in total. The van der Waals surface area contributed by atoms with Gasteiger partial charge in [0.1, 0.15) is 11.5 Å². The Balaban J connectivity index is 1.74. The number of carbonyl (C=O) groups excluding carboxylic acids is 1. The summed E-state index contributed by atoms with van der Waals surface area (Å²) in [4.78, 5) is 18.3. The van der Waals surface area contributed by atoms with Crippen LogP contribution in [-0.2, 0) is 0 Å². The number of amides is 1. The Kier molecular flexibility index (Phi) is 4.48. The molecular formula is C17H15ClN4O2. The summed E-state index contributed by atoms with van der Waals surface area (Å²) in [7, 11) is 3.79. The van der Waals surface area contributed by atoms with Gasteiger partial charge in [0.25, 0.3) is 5.91 Å². The zero-order valence-electron chi connectivity index (χ0n) is 13.2. The topological polar surface area (TPSA) is 71.3 Å². The average Bonchev–Trinajstić information content (AvgIpc) is 3.05. The molecule has 0 saturated heterocycles. The third-order valence-electron chi connectivity index (χ3n) is 3.32. The predicted molar refractivity (Wildman–Crippen MR) is 93.5 cm³/mol. The number of pyridine rings is 1. The first kappa shape index (κ1) is 16.0. The molecule has 0 atom stereocenters. The number of aromatic nitrogens is 2. The van der Waals surface area contributed by atoms with Crippen molar-refractivity contribution in [3.05, 3.63) is 59.4 Å². The molecule has 122 valence electrons. The summed E-state index contributed by atoms with van der Waals surface area (Å²) in [5.41, 5.74) is 1.90. The van der Waals surface area contributed by atoms with Gasteiger partial charge in [0.05, 0.1) is 11.9 Å². The van der Waals surface area contributed by atoms with Crippen LogP contribution >= 0.6 is 11.6 Å². The van der Waals surface area contributed by atoms with Crippen LogP contribution in [0.15, 0.2) is 53.2 Å². The lowest BCUT2D eigenvalue weighted by Gasteiger charge is -2.11. The van der Waals surface area contributed by atoms with Crippen molar-refractivity contribution >= 4 is 29.0 Å². The average molecular weight is 343 g/mol.